The smallest absolute Gasteiger partial charge is 0.130 e. The van der Waals surface area contributed by atoms with Gasteiger partial charge in [-0.3, -0.25) is 0 Å². The van der Waals surface area contributed by atoms with Crippen molar-refractivity contribution in [3.63, 3.8) is 0 Å². The quantitative estimate of drug-likeness (QED) is 0.452. The number of rotatable bonds is 2. The summed E-state index contributed by atoms with van der Waals surface area (Å²) in [6.07, 6.45) is 5.42. The predicted molar refractivity (Wildman–Crippen MR) is 52.0 cm³/mol. The van der Waals surface area contributed by atoms with E-state index in [1.54, 1.807) is 11.2 Å². The number of hydrazone groups is 1. The number of allylic oxidation sites excluding steroid dienone is 1. The van der Waals surface area contributed by atoms with Crippen molar-refractivity contribution in [3.8, 4) is 0 Å². The minimum atomic E-state index is 0.908. The Morgan fingerprint density at radius 3 is 2.83 bits per heavy atom. The van der Waals surface area contributed by atoms with Crippen LogP contribution in [0.1, 0.15) is 19.8 Å². The Bertz CT molecular complexity index is 242. The summed E-state index contributed by atoms with van der Waals surface area (Å²) < 4.78 is 0. The summed E-state index contributed by atoms with van der Waals surface area (Å²) in [4.78, 5) is 4.23. The van der Waals surface area contributed by atoms with E-state index in [1.807, 2.05) is 6.20 Å². The summed E-state index contributed by atoms with van der Waals surface area (Å²) >= 11 is 0. The minimum absolute atomic E-state index is 0.908. The van der Waals surface area contributed by atoms with Gasteiger partial charge in [-0.15, -0.1) is 0 Å². The maximum atomic E-state index is 4.23. The van der Waals surface area contributed by atoms with Crippen LogP contribution in [-0.2, 0) is 0 Å². The molecule has 3 heteroatoms. The van der Waals surface area contributed by atoms with Gasteiger partial charge in [-0.25, -0.2) is 10.0 Å². The number of aliphatic imine (C=N–C) groups is 1. The molecule has 0 unspecified atom stereocenters. The molecule has 0 aromatic rings. The van der Waals surface area contributed by atoms with Crippen molar-refractivity contribution >= 4 is 12.6 Å². The van der Waals surface area contributed by atoms with E-state index in [4.69, 9.17) is 0 Å². The van der Waals surface area contributed by atoms with Gasteiger partial charge in [0, 0.05) is 25.5 Å². The Morgan fingerprint density at radius 1 is 1.67 bits per heavy atom. The first-order valence-corrected chi connectivity index (χ1v) is 3.88. The standard InChI is InChI=1S/C9H13N3/c1-4-12(10-3)9-6-5-8(2)7-11-9/h4,7H,1,3,5-6H2,2H3. The summed E-state index contributed by atoms with van der Waals surface area (Å²) in [7, 11) is 0. The first-order valence-electron chi connectivity index (χ1n) is 3.88. The van der Waals surface area contributed by atoms with Crippen LogP contribution in [0.15, 0.2) is 34.6 Å². The Kier molecular flexibility index (Phi) is 2.80. The average molecular weight is 163 g/mol. The number of hydrogen-bond acceptors (Lipinski definition) is 3. The summed E-state index contributed by atoms with van der Waals surface area (Å²) in [5.41, 5.74) is 1.30. The number of hydrogen-bond donors (Lipinski definition) is 0. The van der Waals surface area contributed by atoms with Gasteiger partial charge in [0.1, 0.15) is 5.84 Å². The van der Waals surface area contributed by atoms with E-state index in [-0.39, 0.29) is 0 Å². The van der Waals surface area contributed by atoms with Crippen LogP contribution in [0.2, 0.25) is 0 Å². The molecule has 0 saturated heterocycles. The maximum Gasteiger partial charge on any atom is 0.130 e. The number of amidine groups is 1. The summed E-state index contributed by atoms with van der Waals surface area (Å²) in [6, 6.07) is 0. The van der Waals surface area contributed by atoms with Crippen LogP contribution in [-0.4, -0.2) is 17.6 Å². The minimum Gasteiger partial charge on any atom is -0.241 e. The predicted octanol–water partition coefficient (Wildman–Crippen LogP) is 2.14. The highest BCUT2D eigenvalue weighted by Crippen LogP contribution is 2.13. The molecular formula is C9H13N3. The molecule has 12 heavy (non-hydrogen) atoms. The van der Waals surface area contributed by atoms with E-state index in [9.17, 15) is 0 Å². The molecule has 0 spiro atoms. The highest BCUT2D eigenvalue weighted by Gasteiger charge is 2.08. The second-order valence-electron chi connectivity index (χ2n) is 2.69. The van der Waals surface area contributed by atoms with Crippen LogP contribution in [0.4, 0.5) is 0 Å². The molecule has 0 aromatic carbocycles. The van der Waals surface area contributed by atoms with Gasteiger partial charge in [0.2, 0.25) is 0 Å². The largest absolute Gasteiger partial charge is 0.241 e. The van der Waals surface area contributed by atoms with Gasteiger partial charge in [0.05, 0.1) is 0 Å². The molecule has 0 bridgehead atoms. The van der Waals surface area contributed by atoms with Crippen molar-refractivity contribution in [2.75, 3.05) is 0 Å². The highest BCUT2D eigenvalue weighted by atomic mass is 15.5. The molecule has 1 aliphatic heterocycles. The first-order chi connectivity index (χ1) is 5.77. The Hall–Kier alpha value is -1.38. The van der Waals surface area contributed by atoms with Gasteiger partial charge >= 0.3 is 0 Å². The third-order valence-electron chi connectivity index (χ3n) is 1.77. The zero-order chi connectivity index (χ0) is 8.97. The van der Waals surface area contributed by atoms with Crippen LogP contribution in [0.3, 0.4) is 0 Å². The topological polar surface area (TPSA) is 28.0 Å². The second kappa shape index (κ2) is 3.85. The fourth-order valence-electron chi connectivity index (χ4n) is 1.04. The molecule has 0 saturated carbocycles. The lowest BCUT2D eigenvalue weighted by Gasteiger charge is -2.17. The van der Waals surface area contributed by atoms with Crippen molar-refractivity contribution < 1.29 is 0 Å². The SMILES string of the molecule is C=CN(N=C)C1=NC=C(C)CC1. The van der Waals surface area contributed by atoms with E-state index in [1.165, 1.54) is 5.57 Å². The van der Waals surface area contributed by atoms with E-state index in [0.29, 0.717) is 0 Å². The molecule has 0 aliphatic carbocycles. The zero-order valence-corrected chi connectivity index (χ0v) is 7.32. The number of nitrogens with zero attached hydrogens (tertiary/aromatic N) is 3. The van der Waals surface area contributed by atoms with Crippen molar-refractivity contribution in [1.29, 1.82) is 0 Å². The second-order valence-corrected chi connectivity index (χ2v) is 2.69. The lowest BCUT2D eigenvalue weighted by molar-refractivity contribution is 0.587. The molecule has 1 aliphatic rings. The van der Waals surface area contributed by atoms with E-state index in [2.05, 4.69) is 30.3 Å². The third kappa shape index (κ3) is 1.81. The molecule has 0 N–H and O–H groups in total. The molecule has 0 aromatic heterocycles. The molecule has 3 nitrogen and oxygen atoms in total. The molecule has 1 rings (SSSR count). The van der Waals surface area contributed by atoms with Crippen LogP contribution >= 0.6 is 0 Å². The highest BCUT2D eigenvalue weighted by molar-refractivity contribution is 5.84. The van der Waals surface area contributed by atoms with Gasteiger partial charge in [-0.1, -0.05) is 12.2 Å². The molecule has 64 valence electrons. The van der Waals surface area contributed by atoms with Crippen molar-refractivity contribution in [3.05, 3.63) is 24.6 Å². The molecule has 1 heterocycles. The van der Waals surface area contributed by atoms with E-state index >= 15 is 0 Å². The zero-order valence-electron chi connectivity index (χ0n) is 7.32. The monoisotopic (exact) mass is 163 g/mol. The van der Waals surface area contributed by atoms with Crippen LogP contribution < -0.4 is 0 Å². The van der Waals surface area contributed by atoms with Gasteiger partial charge in [0.15, 0.2) is 0 Å². The van der Waals surface area contributed by atoms with Gasteiger partial charge in [0.25, 0.3) is 0 Å². The summed E-state index contributed by atoms with van der Waals surface area (Å²) in [5.74, 6) is 0.908. The van der Waals surface area contributed by atoms with Crippen LogP contribution in [0, 0.1) is 0 Å². The van der Waals surface area contributed by atoms with Gasteiger partial charge in [-0.2, -0.15) is 5.10 Å². The lowest BCUT2D eigenvalue weighted by atomic mass is 10.1. The van der Waals surface area contributed by atoms with Crippen molar-refractivity contribution in [2.45, 2.75) is 19.8 Å². The van der Waals surface area contributed by atoms with Crippen molar-refractivity contribution in [2.24, 2.45) is 10.1 Å². The molecule has 0 fully saturated rings. The van der Waals surface area contributed by atoms with Crippen LogP contribution in [0.5, 0.6) is 0 Å². The average Bonchev–Trinajstić information content (AvgIpc) is 2.10. The summed E-state index contributed by atoms with van der Waals surface area (Å²) in [5, 5.41) is 5.36. The fourth-order valence-corrected chi connectivity index (χ4v) is 1.04. The molecular weight excluding hydrogens is 150 g/mol. The summed E-state index contributed by atoms with van der Waals surface area (Å²) in [6.45, 7) is 9.12. The third-order valence-corrected chi connectivity index (χ3v) is 1.77. The van der Waals surface area contributed by atoms with Gasteiger partial charge < -0.3 is 0 Å². The lowest BCUT2D eigenvalue weighted by Crippen LogP contribution is -2.20. The van der Waals surface area contributed by atoms with Crippen molar-refractivity contribution in [1.82, 2.24) is 5.01 Å². The van der Waals surface area contributed by atoms with Gasteiger partial charge in [-0.05, 0) is 13.3 Å². The Morgan fingerprint density at radius 2 is 2.42 bits per heavy atom. The Balaban J connectivity index is 2.75. The molecule has 0 atom stereocenters. The fraction of sp³-hybridized carbons (Fsp3) is 0.333. The van der Waals surface area contributed by atoms with E-state index < -0.39 is 0 Å². The van der Waals surface area contributed by atoms with Crippen LogP contribution in [0.25, 0.3) is 0 Å². The Labute approximate surface area is 72.8 Å². The maximum absolute atomic E-state index is 4.23. The first kappa shape index (κ1) is 8.71. The van der Waals surface area contributed by atoms with E-state index in [0.717, 1.165) is 18.7 Å². The molecule has 0 amide bonds. The normalized spacial score (nSPS) is 16.1. The molecule has 0 radical (unpaired) electrons.